The smallest absolute Gasteiger partial charge is 0.319 e. The van der Waals surface area contributed by atoms with E-state index in [2.05, 4.69) is 28.8 Å². The third-order valence-corrected chi connectivity index (χ3v) is 6.64. The average molecular weight is 691 g/mol. The molecule has 0 saturated carbocycles. The van der Waals surface area contributed by atoms with E-state index in [0.717, 1.165) is 5.56 Å². The molecular weight excluding hydrogens is 641 g/mol. The number of amides is 1. The number of nitrogens with one attached hydrogen (secondary N) is 1. The number of H-pyrrole nitrogens is 1. The second kappa shape index (κ2) is 21.0. The Hall–Kier alpha value is -3.93. The highest BCUT2D eigenvalue weighted by molar-refractivity contribution is 6.31. The van der Waals surface area contributed by atoms with Gasteiger partial charge in [-0.15, -0.1) is 0 Å². The van der Waals surface area contributed by atoms with Crippen molar-refractivity contribution in [1.82, 2.24) is 24.5 Å². The minimum atomic E-state index is -0.710. The van der Waals surface area contributed by atoms with Crippen LogP contribution in [0.4, 0.5) is 5.69 Å². The van der Waals surface area contributed by atoms with Crippen molar-refractivity contribution in [3.63, 3.8) is 0 Å². The number of nitrogens with two attached hydrogens (primary N) is 1. The quantitative estimate of drug-likeness (QED) is 0.190. The van der Waals surface area contributed by atoms with Gasteiger partial charge in [0.15, 0.2) is 5.69 Å². The zero-order valence-electron chi connectivity index (χ0n) is 29.1. The van der Waals surface area contributed by atoms with E-state index in [4.69, 9.17) is 43.4 Å². The standard InChI is InChI=1S/C25H23Cl2N7O4.C3H8.3C2H6/c1-37-23-16(12-30-25(32-23)38-2)21-31-18-20(33(21)9-3-8-28)19(13-4-6-14(26)7-5-13)34(24(18)36)17-10-15(27)11-29-22(17)35;1-3-2;3*1-2/h4-7,10-12,19H,3,8-9,28H2,1-2H3,(H,29,35);3H2,1-2H3;3*1-2H3. The number of ether oxygens (including phenoxy) is 2. The highest BCUT2D eigenvalue weighted by Crippen LogP contribution is 2.44. The lowest BCUT2D eigenvalue weighted by Crippen LogP contribution is -2.34. The Morgan fingerprint density at radius 1 is 0.936 bits per heavy atom. The average Bonchev–Trinajstić information content (AvgIpc) is 3.62. The van der Waals surface area contributed by atoms with Crippen molar-refractivity contribution < 1.29 is 14.3 Å². The summed E-state index contributed by atoms with van der Waals surface area (Å²) >= 11 is 12.4. The van der Waals surface area contributed by atoms with E-state index >= 15 is 0 Å². The zero-order chi connectivity index (χ0) is 35.7. The topological polar surface area (TPSA) is 141 Å². The van der Waals surface area contributed by atoms with Gasteiger partial charge in [-0.1, -0.05) is 97.1 Å². The number of hydrogen-bond donors (Lipinski definition) is 2. The lowest BCUT2D eigenvalue weighted by Gasteiger charge is -2.27. The summed E-state index contributed by atoms with van der Waals surface area (Å²) in [6, 6.07) is 7.93. The SMILES string of the molecule is CC.CC.CC.CCC.COc1ncc(-c2nc3c(n2CCCN)C(c2ccc(Cl)cc2)N(c2cc(Cl)c[nH]c2=O)C3=O)c(OC)n1. The van der Waals surface area contributed by atoms with Gasteiger partial charge in [-0.2, -0.15) is 4.98 Å². The van der Waals surface area contributed by atoms with Gasteiger partial charge in [0.2, 0.25) is 5.88 Å². The van der Waals surface area contributed by atoms with E-state index < -0.39 is 17.5 Å². The molecule has 4 aromatic rings. The van der Waals surface area contributed by atoms with Gasteiger partial charge in [-0.3, -0.25) is 14.5 Å². The molecule has 0 radical (unpaired) electrons. The van der Waals surface area contributed by atoms with Crippen molar-refractivity contribution in [2.24, 2.45) is 5.73 Å². The fraction of sp³-hybridized carbons (Fsp3) is 0.441. The molecule has 1 aliphatic rings. The minimum Gasteiger partial charge on any atom is -0.480 e. The number of rotatable bonds is 8. The molecule has 0 bridgehead atoms. The maximum Gasteiger partial charge on any atom is 0.319 e. The van der Waals surface area contributed by atoms with Crippen molar-refractivity contribution >= 4 is 34.8 Å². The molecule has 4 heterocycles. The summed E-state index contributed by atoms with van der Waals surface area (Å²) < 4.78 is 12.5. The maximum absolute atomic E-state index is 14.0. The van der Waals surface area contributed by atoms with Gasteiger partial charge in [0.05, 0.1) is 30.5 Å². The Balaban J connectivity index is 0.00000112. The molecule has 3 N–H and O–H groups in total. The Bertz CT molecular complexity index is 1590. The van der Waals surface area contributed by atoms with Crippen LogP contribution < -0.4 is 25.7 Å². The number of pyridine rings is 1. The molecule has 0 fully saturated rings. The molecule has 1 aliphatic heterocycles. The van der Waals surface area contributed by atoms with E-state index in [1.54, 1.807) is 24.3 Å². The van der Waals surface area contributed by atoms with Gasteiger partial charge in [0.1, 0.15) is 17.6 Å². The number of hydrogen-bond acceptors (Lipinski definition) is 8. The van der Waals surface area contributed by atoms with Crippen LogP contribution in [0.2, 0.25) is 10.0 Å². The second-order valence-corrected chi connectivity index (χ2v) is 9.98. The number of aromatic amines is 1. The van der Waals surface area contributed by atoms with Gasteiger partial charge >= 0.3 is 6.01 Å². The monoisotopic (exact) mass is 689 g/mol. The molecular formula is C34H49Cl2N7O4. The summed E-state index contributed by atoms with van der Waals surface area (Å²) in [7, 11) is 2.92. The van der Waals surface area contributed by atoms with Crippen LogP contribution in [0.5, 0.6) is 11.9 Å². The lowest BCUT2D eigenvalue weighted by atomic mass is 10.0. The molecule has 0 aliphatic carbocycles. The van der Waals surface area contributed by atoms with Crippen LogP contribution in [0, 0.1) is 0 Å². The molecule has 13 heteroatoms. The Labute approximate surface area is 288 Å². The molecule has 1 unspecified atom stereocenters. The van der Waals surface area contributed by atoms with Gasteiger partial charge < -0.3 is 24.8 Å². The number of aromatic nitrogens is 5. The third kappa shape index (κ3) is 9.56. The van der Waals surface area contributed by atoms with Crippen molar-refractivity contribution in [2.75, 3.05) is 25.7 Å². The molecule has 1 aromatic carbocycles. The molecule has 5 rings (SSSR count). The van der Waals surface area contributed by atoms with E-state index in [9.17, 15) is 9.59 Å². The van der Waals surface area contributed by atoms with Gasteiger partial charge in [-0.25, -0.2) is 9.97 Å². The summed E-state index contributed by atoms with van der Waals surface area (Å²) in [5.41, 5.74) is 7.44. The number of carbonyl (C=O) groups excluding carboxylic acids is 1. The summed E-state index contributed by atoms with van der Waals surface area (Å²) in [6.45, 7) is 17.1. The lowest BCUT2D eigenvalue weighted by molar-refractivity contribution is 0.0989. The number of methoxy groups -OCH3 is 2. The number of carbonyl (C=O) groups is 1. The first kappa shape index (κ1) is 41.1. The normalized spacial score (nSPS) is 12.6. The van der Waals surface area contributed by atoms with Crippen LogP contribution in [0.3, 0.4) is 0 Å². The minimum absolute atomic E-state index is 0.0951. The summed E-state index contributed by atoms with van der Waals surface area (Å²) in [5, 5.41) is 0.807. The van der Waals surface area contributed by atoms with Crippen LogP contribution in [0.1, 0.15) is 96.0 Å². The fourth-order valence-electron chi connectivity index (χ4n) is 4.52. The van der Waals surface area contributed by atoms with Crippen LogP contribution in [-0.4, -0.2) is 51.2 Å². The second-order valence-electron chi connectivity index (χ2n) is 9.11. The third-order valence-electron chi connectivity index (χ3n) is 6.17. The Kier molecular flexibility index (Phi) is 18.4. The predicted octanol–water partition coefficient (Wildman–Crippen LogP) is 7.95. The van der Waals surface area contributed by atoms with E-state index in [1.807, 2.05) is 46.1 Å². The largest absolute Gasteiger partial charge is 0.480 e. The van der Waals surface area contributed by atoms with Gasteiger partial charge in [-0.05, 0) is 36.7 Å². The first-order valence-electron chi connectivity index (χ1n) is 16.0. The van der Waals surface area contributed by atoms with Crippen molar-refractivity contribution in [2.45, 2.75) is 80.8 Å². The molecule has 0 saturated heterocycles. The number of nitrogens with zero attached hydrogens (tertiary/aromatic N) is 5. The highest BCUT2D eigenvalue weighted by Gasteiger charge is 2.45. The van der Waals surface area contributed by atoms with E-state index in [-0.39, 0.29) is 28.3 Å². The van der Waals surface area contributed by atoms with Crippen LogP contribution in [0.15, 0.2) is 47.5 Å². The number of benzene rings is 1. The number of fused-ring (bicyclic) bond motifs is 1. The van der Waals surface area contributed by atoms with Gasteiger partial charge in [0.25, 0.3) is 11.5 Å². The van der Waals surface area contributed by atoms with E-state index in [1.165, 1.54) is 44.0 Å². The van der Waals surface area contributed by atoms with Crippen LogP contribution in [-0.2, 0) is 6.54 Å². The first-order chi connectivity index (χ1) is 22.8. The summed E-state index contributed by atoms with van der Waals surface area (Å²) in [6.07, 6.45) is 4.74. The number of imidazole rings is 1. The molecule has 47 heavy (non-hydrogen) atoms. The van der Waals surface area contributed by atoms with Crippen molar-refractivity contribution in [1.29, 1.82) is 0 Å². The van der Waals surface area contributed by atoms with Crippen LogP contribution in [0.25, 0.3) is 11.4 Å². The fourth-order valence-corrected chi connectivity index (χ4v) is 4.80. The molecule has 1 atom stereocenters. The number of anilines is 1. The first-order valence-corrected chi connectivity index (χ1v) is 16.8. The molecule has 0 spiro atoms. The molecule has 1 amide bonds. The van der Waals surface area contributed by atoms with Crippen molar-refractivity contribution in [3.8, 4) is 23.3 Å². The molecule has 11 nitrogen and oxygen atoms in total. The predicted molar refractivity (Wildman–Crippen MR) is 192 cm³/mol. The van der Waals surface area contributed by atoms with Gasteiger partial charge in [0, 0.05) is 24.0 Å². The van der Waals surface area contributed by atoms with Crippen molar-refractivity contribution in [3.05, 3.63) is 80.1 Å². The zero-order valence-corrected chi connectivity index (χ0v) is 30.7. The number of halogens is 2. The highest BCUT2D eigenvalue weighted by atomic mass is 35.5. The molecule has 258 valence electrons. The van der Waals surface area contributed by atoms with E-state index in [0.29, 0.717) is 41.6 Å². The maximum atomic E-state index is 14.0. The Morgan fingerprint density at radius 3 is 2.11 bits per heavy atom. The summed E-state index contributed by atoms with van der Waals surface area (Å²) in [4.78, 5) is 44.1. The molecule has 3 aromatic heterocycles. The van der Waals surface area contributed by atoms with Crippen LogP contribution >= 0.6 is 23.2 Å². The summed E-state index contributed by atoms with van der Waals surface area (Å²) in [5.74, 6) is 0.192. The Morgan fingerprint density at radius 2 is 1.55 bits per heavy atom.